The second-order valence-corrected chi connectivity index (χ2v) is 8.54. The normalized spacial score (nSPS) is 16.2. The number of ether oxygens (including phenoxy) is 3. The molecule has 0 aliphatic carbocycles. The van der Waals surface area contributed by atoms with Gasteiger partial charge in [-0.25, -0.2) is 0 Å². The van der Waals surface area contributed by atoms with Crippen molar-refractivity contribution in [3.8, 4) is 0 Å². The van der Waals surface area contributed by atoms with Crippen molar-refractivity contribution in [3.05, 3.63) is 64.7 Å². The average molecular weight is 481 g/mol. The number of fused-ring (bicyclic) bond motifs is 1. The predicted molar refractivity (Wildman–Crippen MR) is 133 cm³/mol. The van der Waals surface area contributed by atoms with Crippen LogP contribution < -0.4 is 5.32 Å². The lowest BCUT2D eigenvalue weighted by Crippen LogP contribution is -2.35. The first-order chi connectivity index (χ1) is 17.1. The van der Waals surface area contributed by atoms with Crippen molar-refractivity contribution < 1.29 is 23.8 Å². The van der Waals surface area contributed by atoms with Gasteiger partial charge in [0.15, 0.2) is 0 Å². The highest BCUT2D eigenvalue weighted by Crippen LogP contribution is 2.23. The summed E-state index contributed by atoms with van der Waals surface area (Å²) >= 11 is 0. The molecule has 2 heterocycles. The van der Waals surface area contributed by atoms with E-state index in [1.807, 2.05) is 35.3 Å². The fourth-order valence-electron chi connectivity index (χ4n) is 4.03. The van der Waals surface area contributed by atoms with E-state index in [1.165, 1.54) is 5.56 Å². The number of nitrogens with zero attached hydrogens (tertiary/aromatic N) is 3. The first kappa shape index (κ1) is 24.8. The Morgan fingerprint density at radius 2 is 1.86 bits per heavy atom. The van der Waals surface area contributed by atoms with Gasteiger partial charge in [0.2, 0.25) is 0 Å². The molecule has 1 N–H and O–H groups in total. The summed E-state index contributed by atoms with van der Waals surface area (Å²) in [7, 11) is 1.58. The molecule has 1 saturated heterocycles. The van der Waals surface area contributed by atoms with Crippen LogP contribution in [0.5, 0.6) is 0 Å². The molecule has 0 saturated carbocycles. The monoisotopic (exact) mass is 480 g/mol. The fraction of sp³-hybridized carbons (Fsp3) is 0.423. The number of anilines is 1. The van der Waals surface area contributed by atoms with Gasteiger partial charge in [0.25, 0.3) is 5.91 Å². The molecule has 2 aliphatic heterocycles. The number of hydrogen-bond donors (Lipinski definition) is 1. The Kier molecular flexibility index (Phi) is 8.83. The number of rotatable bonds is 9. The van der Waals surface area contributed by atoms with E-state index in [1.54, 1.807) is 25.5 Å². The van der Waals surface area contributed by atoms with E-state index < -0.39 is 0 Å². The van der Waals surface area contributed by atoms with E-state index in [4.69, 9.17) is 14.2 Å². The zero-order valence-electron chi connectivity index (χ0n) is 20.1. The maximum atomic E-state index is 12.7. The van der Waals surface area contributed by atoms with E-state index in [2.05, 4.69) is 15.3 Å². The van der Waals surface area contributed by atoms with Crippen LogP contribution in [0.1, 0.15) is 27.0 Å². The quantitative estimate of drug-likeness (QED) is 0.334. The lowest BCUT2D eigenvalue weighted by Gasteiger charge is -2.28. The van der Waals surface area contributed by atoms with Crippen LogP contribution >= 0.6 is 0 Å². The summed E-state index contributed by atoms with van der Waals surface area (Å²) in [5, 5.41) is 9.44. The van der Waals surface area contributed by atoms with Gasteiger partial charge in [-0.05, 0) is 47.4 Å². The summed E-state index contributed by atoms with van der Waals surface area (Å²) in [5.41, 5.74) is 4.63. The van der Waals surface area contributed by atoms with Crippen molar-refractivity contribution in [2.24, 2.45) is 5.10 Å². The molecule has 2 aromatic rings. The Balaban J connectivity index is 1.28. The maximum Gasteiger partial charge on any atom is 0.320 e. The molecular formula is C26H32N4O5. The van der Waals surface area contributed by atoms with Crippen molar-refractivity contribution in [1.82, 2.24) is 9.91 Å². The molecule has 9 nitrogen and oxygen atoms in total. The zero-order valence-corrected chi connectivity index (χ0v) is 20.1. The lowest BCUT2D eigenvalue weighted by atomic mass is 9.99. The van der Waals surface area contributed by atoms with Gasteiger partial charge in [-0.2, -0.15) is 5.10 Å². The van der Waals surface area contributed by atoms with Crippen LogP contribution in [0.25, 0.3) is 0 Å². The molecule has 1 fully saturated rings. The van der Waals surface area contributed by atoms with Crippen LogP contribution in [0.15, 0.2) is 47.6 Å². The number of carbonyl (C=O) groups is 2. The number of amides is 1. The third-order valence-electron chi connectivity index (χ3n) is 5.99. The minimum atomic E-state index is -0.243. The van der Waals surface area contributed by atoms with E-state index in [0.29, 0.717) is 31.9 Å². The number of methoxy groups -OCH3 is 1. The number of esters is 1. The first-order valence-electron chi connectivity index (χ1n) is 11.9. The number of nitrogens with one attached hydrogen (secondary N) is 1. The Bertz CT molecular complexity index is 1030. The Labute approximate surface area is 205 Å². The average Bonchev–Trinajstić information content (AvgIpc) is 2.88. The minimum absolute atomic E-state index is 0.155. The molecule has 2 aliphatic rings. The first-order valence-corrected chi connectivity index (χ1v) is 11.9. The molecule has 0 spiro atoms. The van der Waals surface area contributed by atoms with Crippen LogP contribution in [0.2, 0.25) is 0 Å². The highest BCUT2D eigenvalue weighted by atomic mass is 16.6. The third-order valence-corrected chi connectivity index (χ3v) is 5.99. The van der Waals surface area contributed by atoms with Gasteiger partial charge in [-0.1, -0.05) is 18.2 Å². The van der Waals surface area contributed by atoms with Crippen molar-refractivity contribution in [3.63, 3.8) is 0 Å². The molecule has 0 radical (unpaired) electrons. The number of morpholine rings is 1. The van der Waals surface area contributed by atoms with Gasteiger partial charge in [0.1, 0.15) is 6.61 Å². The molecule has 35 heavy (non-hydrogen) atoms. The topological polar surface area (TPSA) is 92.7 Å². The summed E-state index contributed by atoms with van der Waals surface area (Å²) in [6, 6.07) is 13.3. The van der Waals surface area contributed by atoms with E-state index in [-0.39, 0.29) is 25.0 Å². The number of carbonyl (C=O) groups excluding carboxylic acids is 2. The van der Waals surface area contributed by atoms with Gasteiger partial charge in [0, 0.05) is 31.5 Å². The van der Waals surface area contributed by atoms with Crippen molar-refractivity contribution >= 4 is 23.8 Å². The Morgan fingerprint density at radius 1 is 1.06 bits per heavy atom. The second-order valence-electron chi connectivity index (χ2n) is 8.54. The molecule has 0 bridgehead atoms. The molecule has 0 unspecified atom stereocenters. The summed E-state index contributed by atoms with van der Waals surface area (Å²) < 4.78 is 15.4. The highest BCUT2D eigenvalue weighted by molar-refractivity contribution is 6.04. The predicted octanol–water partition coefficient (Wildman–Crippen LogP) is 2.15. The number of benzene rings is 2. The molecule has 0 atom stereocenters. The zero-order chi connectivity index (χ0) is 24.5. The van der Waals surface area contributed by atoms with Crippen LogP contribution in [-0.2, 0) is 32.0 Å². The molecule has 1 amide bonds. The van der Waals surface area contributed by atoms with Gasteiger partial charge in [-0.3, -0.25) is 19.5 Å². The van der Waals surface area contributed by atoms with Crippen molar-refractivity contribution in [1.29, 1.82) is 0 Å². The van der Waals surface area contributed by atoms with Crippen LogP contribution in [0.4, 0.5) is 5.69 Å². The van der Waals surface area contributed by atoms with Crippen LogP contribution in [0.3, 0.4) is 0 Å². The van der Waals surface area contributed by atoms with Crippen LogP contribution in [0, 0.1) is 0 Å². The SMILES string of the molecule is COCCOC(=O)CN1CCc2cc(NC(=O)c3ccc(C=NN4CCOCC4)cc3)ccc2C1. The molecule has 186 valence electrons. The van der Waals surface area contributed by atoms with Gasteiger partial charge >= 0.3 is 5.97 Å². The molecule has 9 heteroatoms. The Morgan fingerprint density at radius 3 is 2.63 bits per heavy atom. The summed E-state index contributed by atoms with van der Waals surface area (Å²) in [4.78, 5) is 26.8. The van der Waals surface area contributed by atoms with Crippen LogP contribution in [-0.4, -0.2) is 87.7 Å². The van der Waals surface area contributed by atoms with E-state index in [9.17, 15) is 9.59 Å². The highest BCUT2D eigenvalue weighted by Gasteiger charge is 2.20. The number of hydrogen-bond acceptors (Lipinski definition) is 8. The second kappa shape index (κ2) is 12.4. The van der Waals surface area contributed by atoms with Gasteiger partial charge in [0.05, 0.1) is 45.7 Å². The minimum Gasteiger partial charge on any atom is -0.462 e. The smallest absolute Gasteiger partial charge is 0.320 e. The summed E-state index contributed by atoms with van der Waals surface area (Å²) in [5.74, 6) is -0.398. The summed E-state index contributed by atoms with van der Waals surface area (Å²) in [6.45, 7) is 5.34. The van der Waals surface area contributed by atoms with Crippen molar-refractivity contribution in [2.45, 2.75) is 13.0 Å². The standard InChI is InChI=1S/C26H32N4O5/c1-33-14-15-35-25(31)19-29-9-8-22-16-24(7-6-23(22)18-29)28-26(32)21-4-2-20(3-5-21)17-27-30-10-12-34-13-11-30/h2-7,16-17H,8-15,18-19H2,1H3,(H,28,32). The van der Waals surface area contributed by atoms with Gasteiger partial charge in [-0.15, -0.1) is 0 Å². The lowest BCUT2D eigenvalue weighted by molar-refractivity contribution is -0.146. The van der Waals surface area contributed by atoms with Gasteiger partial charge < -0.3 is 19.5 Å². The molecule has 2 aromatic carbocycles. The van der Waals surface area contributed by atoms with E-state index in [0.717, 1.165) is 42.9 Å². The molecular weight excluding hydrogens is 448 g/mol. The number of hydrazone groups is 1. The fourth-order valence-corrected chi connectivity index (χ4v) is 4.03. The molecule has 0 aromatic heterocycles. The largest absolute Gasteiger partial charge is 0.462 e. The maximum absolute atomic E-state index is 12.7. The molecule has 4 rings (SSSR count). The third kappa shape index (κ3) is 7.35. The Hall–Kier alpha value is -3.27. The summed E-state index contributed by atoms with van der Waals surface area (Å²) in [6.07, 6.45) is 2.61. The van der Waals surface area contributed by atoms with E-state index >= 15 is 0 Å². The van der Waals surface area contributed by atoms with Crippen molar-refractivity contribution in [2.75, 3.05) is 65.0 Å².